The summed E-state index contributed by atoms with van der Waals surface area (Å²) in [6.45, 7) is 3.82. The van der Waals surface area contributed by atoms with Crippen molar-refractivity contribution in [3.63, 3.8) is 0 Å². The molecule has 0 aromatic heterocycles. The van der Waals surface area contributed by atoms with Crippen molar-refractivity contribution in [2.75, 3.05) is 6.61 Å². The second kappa shape index (κ2) is 7.63. The average molecular weight is 428 g/mol. The standard InChI is InChI=1S/C17H17IO5/c1-3-22-15(19)6-7-16(20)23-12-5-4-11-8-14(18)17(21)10(2)13(11)9-12/h4-5,8-9,21H,3,6-7H2,1-2H3. The Morgan fingerprint density at radius 1 is 1.17 bits per heavy atom. The Kier molecular flexibility index (Phi) is 5.81. The van der Waals surface area contributed by atoms with Crippen LogP contribution in [-0.4, -0.2) is 23.7 Å². The van der Waals surface area contributed by atoms with Crippen LogP contribution in [0.4, 0.5) is 0 Å². The van der Waals surface area contributed by atoms with Gasteiger partial charge in [-0.25, -0.2) is 0 Å². The minimum absolute atomic E-state index is 0.00172. The van der Waals surface area contributed by atoms with E-state index < -0.39 is 11.9 Å². The third kappa shape index (κ3) is 4.34. The number of benzene rings is 2. The number of hydrogen-bond donors (Lipinski definition) is 1. The van der Waals surface area contributed by atoms with Gasteiger partial charge < -0.3 is 14.6 Å². The van der Waals surface area contributed by atoms with Gasteiger partial charge in [0.2, 0.25) is 0 Å². The van der Waals surface area contributed by atoms with Crippen molar-refractivity contribution >= 4 is 45.3 Å². The Hall–Kier alpha value is -1.83. The quantitative estimate of drug-likeness (QED) is 0.447. The number of halogens is 1. The summed E-state index contributed by atoms with van der Waals surface area (Å²) in [7, 11) is 0. The Bertz CT molecular complexity index is 754. The van der Waals surface area contributed by atoms with E-state index in [2.05, 4.69) is 22.6 Å². The van der Waals surface area contributed by atoms with Crippen molar-refractivity contribution in [1.82, 2.24) is 0 Å². The third-order valence-electron chi connectivity index (χ3n) is 3.36. The number of esters is 2. The van der Waals surface area contributed by atoms with E-state index in [1.165, 1.54) is 0 Å². The molecule has 6 heteroatoms. The van der Waals surface area contributed by atoms with Crippen LogP contribution in [0.3, 0.4) is 0 Å². The maximum atomic E-state index is 11.8. The zero-order chi connectivity index (χ0) is 17.0. The molecule has 0 amide bonds. The molecule has 0 aliphatic heterocycles. The molecule has 122 valence electrons. The Labute approximate surface area is 147 Å². The molecule has 0 aliphatic rings. The molecule has 0 radical (unpaired) electrons. The molecule has 2 aromatic carbocycles. The van der Waals surface area contributed by atoms with Crippen molar-refractivity contribution in [3.05, 3.63) is 33.4 Å². The Morgan fingerprint density at radius 3 is 2.57 bits per heavy atom. The molecule has 0 fully saturated rings. The number of aryl methyl sites for hydroxylation is 1. The third-order valence-corrected chi connectivity index (χ3v) is 4.18. The van der Waals surface area contributed by atoms with Crippen LogP contribution in [0, 0.1) is 10.5 Å². The first kappa shape index (κ1) is 17.5. The molecule has 0 atom stereocenters. The van der Waals surface area contributed by atoms with E-state index in [0.717, 1.165) is 19.9 Å². The van der Waals surface area contributed by atoms with Gasteiger partial charge in [0.25, 0.3) is 0 Å². The highest BCUT2D eigenvalue weighted by Crippen LogP contribution is 2.33. The smallest absolute Gasteiger partial charge is 0.311 e. The molecule has 5 nitrogen and oxygen atoms in total. The van der Waals surface area contributed by atoms with E-state index >= 15 is 0 Å². The molecular weight excluding hydrogens is 411 g/mol. The van der Waals surface area contributed by atoms with Crippen LogP contribution in [0.25, 0.3) is 10.8 Å². The van der Waals surface area contributed by atoms with Crippen molar-refractivity contribution in [2.45, 2.75) is 26.7 Å². The van der Waals surface area contributed by atoms with Crippen LogP contribution in [0.2, 0.25) is 0 Å². The van der Waals surface area contributed by atoms with Gasteiger partial charge in [-0.05, 0) is 71.0 Å². The van der Waals surface area contributed by atoms with E-state index in [9.17, 15) is 14.7 Å². The molecule has 23 heavy (non-hydrogen) atoms. The van der Waals surface area contributed by atoms with E-state index in [1.807, 2.05) is 19.1 Å². The molecule has 2 aromatic rings. The van der Waals surface area contributed by atoms with Gasteiger partial charge in [-0.2, -0.15) is 0 Å². The molecule has 0 heterocycles. The van der Waals surface area contributed by atoms with E-state index in [4.69, 9.17) is 9.47 Å². The minimum Gasteiger partial charge on any atom is -0.507 e. The van der Waals surface area contributed by atoms with Gasteiger partial charge in [0.05, 0.1) is 23.0 Å². The minimum atomic E-state index is -0.496. The second-order valence-electron chi connectivity index (χ2n) is 4.99. The van der Waals surface area contributed by atoms with Crippen molar-refractivity contribution < 1.29 is 24.2 Å². The van der Waals surface area contributed by atoms with Crippen LogP contribution in [0.15, 0.2) is 24.3 Å². The number of phenolic OH excluding ortho intramolecular Hbond substituents is 1. The van der Waals surface area contributed by atoms with Crippen LogP contribution in [-0.2, 0) is 14.3 Å². The predicted molar refractivity (Wildman–Crippen MR) is 94.6 cm³/mol. The zero-order valence-corrected chi connectivity index (χ0v) is 15.0. The van der Waals surface area contributed by atoms with Gasteiger partial charge >= 0.3 is 11.9 Å². The topological polar surface area (TPSA) is 72.8 Å². The van der Waals surface area contributed by atoms with Gasteiger partial charge in [-0.3, -0.25) is 9.59 Å². The van der Waals surface area contributed by atoms with Crippen molar-refractivity contribution in [1.29, 1.82) is 0 Å². The summed E-state index contributed by atoms with van der Waals surface area (Å²) in [5.41, 5.74) is 0.733. The molecule has 0 unspecified atom stereocenters. The number of fused-ring (bicyclic) bond motifs is 1. The normalized spacial score (nSPS) is 10.6. The number of hydrogen-bond acceptors (Lipinski definition) is 5. The van der Waals surface area contributed by atoms with Gasteiger partial charge in [0.1, 0.15) is 11.5 Å². The SMILES string of the molecule is CCOC(=O)CCC(=O)Oc1ccc2cc(I)c(O)c(C)c2c1. The first-order valence-electron chi connectivity index (χ1n) is 7.20. The lowest BCUT2D eigenvalue weighted by Crippen LogP contribution is -2.12. The Morgan fingerprint density at radius 2 is 1.87 bits per heavy atom. The largest absolute Gasteiger partial charge is 0.507 e. The highest BCUT2D eigenvalue weighted by molar-refractivity contribution is 14.1. The molecule has 0 saturated carbocycles. The highest BCUT2D eigenvalue weighted by Gasteiger charge is 2.12. The zero-order valence-electron chi connectivity index (χ0n) is 12.9. The van der Waals surface area contributed by atoms with Crippen molar-refractivity contribution in [3.8, 4) is 11.5 Å². The predicted octanol–water partition coefficient (Wildman–Crippen LogP) is 3.71. The second-order valence-corrected chi connectivity index (χ2v) is 6.16. The summed E-state index contributed by atoms with van der Waals surface area (Å²) >= 11 is 2.07. The van der Waals surface area contributed by atoms with Crippen LogP contribution < -0.4 is 4.74 Å². The lowest BCUT2D eigenvalue weighted by Gasteiger charge is -2.10. The summed E-state index contributed by atoms with van der Waals surface area (Å²) < 4.78 is 10.8. The summed E-state index contributed by atoms with van der Waals surface area (Å²) in [6, 6.07) is 7.10. The number of aromatic hydroxyl groups is 1. The summed E-state index contributed by atoms with van der Waals surface area (Å²) in [5, 5.41) is 11.8. The summed E-state index contributed by atoms with van der Waals surface area (Å²) in [5.74, 6) is -0.304. The molecule has 0 saturated heterocycles. The summed E-state index contributed by atoms with van der Waals surface area (Å²) in [4.78, 5) is 23.0. The maximum Gasteiger partial charge on any atom is 0.311 e. The first-order chi connectivity index (χ1) is 10.9. The number of carbonyl (C=O) groups is 2. The fraction of sp³-hybridized carbons (Fsp3) is 0.294. The molecule has 1 N–H and O–H groups in total. The van der Waals surface area contributed by atoms with Gasteiger partial charge in [-0.15, -0.1) is 0 Å². The Balaban J connectivity index is 2.12. The van der Waals surface area contributed by atoms with E-state index in [0.29, 0.717) is 12.4 Å². The van der Waals surface area contributed by atoms with Gasteiger partial charge in [0.15, 0.2) is 0 Å². The number of rotatable bonds is 5. The highest BCUT2D eigenvalue weighted by atomic mass is 127. The van der Waals surface area contributed by atoms with Crippen LogP contribution in [0.1, 0.15) is 25.3 Å². The average Bonchev–Trinajstić information content (AvgIpc) is 2.52. The number of ether oxygens (including phenoxy) is 2. The maximum absolute atomic E-state index is 11.8. The van der Waals surface area contributed by atoms with Crippen LogP contribution >= 0.6 is 22.6 Å². The molecule has 0 bridgehead atoms. The molecular formula is C17H17IO5. The fourth-order valence-corrected chi connectivity index (χ4v) is 2.92. The lowest BCUT2D eigenvalue weighted by atomic mass is 10.0. The van der Waals surface area contributed by atoms with Gasteiger partial charge in [-0.1, -0.05) is 6.07 Å². The molecule has 0 spiro atoms. The molecule has 0 aliphatic carbocycles. The first-order valence-corrected chi connectivity index (χ1v) is 8.28. The van der Waals surface area contributed by atoms with Crippen LogP contribution in [0.5, 0.6) is 11.5 Å². The monoisotopic (exact) mass is 428 g/mol. The van der Waals surface area contributed by atoms with E-state index in [-0.39, 0.29) is 18.6 Å². The molecule has 2 rings (SSSR count). The van der Waals surface area contributed by atoms with Gasteiger partial charge in [0, 0.05) is 0 Å². The lowest BCUT2D eigenvalue weighted by molar-refractivity contribution is -0.146. The van der Waals surface area contributed by atoms with Crippen molar-refractivity contribution in [2.24, 2.45) is 0 Å². The summed E-state index contributed by atoms with van der Waals surface area (Å²) in [6.07, 6.45) is -0.0357. The number of phenols is 1. The number of carbonyl (C=O) groups excluding carboxylic acids is 2. The fourth-order valence-electron chi connectivity index (χ4n) is 2.18. The van der Waals surface area contributed by atoms with E-state index in [1.54, 1.807) is 19.1 Å².